The second-order valence-electron chi connectivity index (χ2n) is 2.03. The van der Waals surface area contributed by atoms with Gasteiger partial charge in [-0.3, -0.25) is 4.90 Å². The molecule has 0 fully saturated rings. The van der Waals surface area contributed by atoms with Crippen LogP contribution in [0.3, 0.4) is 0 Å². The molecule has 4 heteroatoms. The minimum atomic E-state index is -0.965. The molecule has 4 nitrogen and oxygen atoms in total. The lowest BCUT2D eigenvalue weighted by molar-refractivity contribution is 0.173. The molecule has 0 aliphatic carbocycles. The standard InChI is InChI=1S/C6H8N2O2/c1-5-2-3-8(4-7-5)6(9)10/h2,4H,3H2,1H3,(H,9,10). The maximum absolute atomic E-state index is 10.3. The summed E-state index contributed by atoms with van der Waals surface area (Å²) in [5.41, 5.74) is 0.859. The largest absolute Gasteiger partial charge is 0.465 e. The van der Waals surface area contributed by atoms with Crippen LogP contribution in [-0.4, -0.2) is 29.0 Å². The van der Waals surface area contributed by atoms with Crippen molar-refractivity contribution in [3.8, 4) is 0 Å². The monoisotopic (exact) mass is 140 g/mol. The SMILES string of the molecule is CC1=CCN(C(=O)O)C=N1. The molecule has 0 atom stereocenters. The third-order valence-corrected chi connectivity index (χ3v) is 1.23. The highest BCUT2D eigenvalue weighted by atomic mass is 16.4. The quantitative estimate of drug-likeness (QED) is 0.543. The average molecular weight is 140 g/mol. The first kappa shape index (κ1) is 6.80. The number of carbonyl (C=O) groups is 1. The number of aliphatic imine (C=N–C) groups is 1. The molecule has 10 heavy (non-hydrogen) atoms. The van der Waals surface area contributed by atoms with Gasteiger partial charge in [-0.05, 0) is 13.0 Å². The summed E-state index contributed by atoms with van der Waals surface area (Å²) in [6.45, 7) is 2.24. The Morgan fingerprint density at radius 2 is 2.60 bits per heavy atom. The van der Waals surface area contributed by atoms with E-state index in [2.05, 4.69) is 4.99 Å². The molecule has 1 amide bonds. The summed E-state index contributed by atoms with van der Waals surface area (Å²) in [6, 6.07) is 0. The van der Waals surface area contributed by atoms with Crippen LogP contribution in [0.15, 0.2) is 16.8 Å². The van der Waals surface area contributed by atoms with E-state index in [1.165, 1.54) is 6.34 Å². The fourth-order valence-electron chi connectivity index (χ4n) is 0.619. The second-order valence-corrected chi connectivity index (χ2v) is 2.03. The van der Waals surface area contributed by atoms with Crippen LogP contribution in [0.1, 0.15) is 6.92 Å². The summed E-state index contributed by atoms with van der Waals surface area (Å²) in [5, 5.41) is 8.43. The summed E-state index contributed by atoms with van der Waals surface area (Å²) in [6.07, 6.45) is 2.11. The Balaban J connectivity index is 2.60. The Bertz CT molecular complexity index is 208. The van der Waals surface area contributed by atoms with Gasteiger partial charge in [-0.1, -0.05) is 0 Å². The van der Waals surface area contributed by atoms with E-state index in [1.54, 1.807) is 6.08 Å². The van der Waals surface area contributed by atoms with Crippen molar-refractivity contribution in [2.24, 2.45) is 4.99 Å². The van der Waals surface area contributed by atoms with Gasteiger partial charge in [0.15, 0.2) is 0 Å². The third-order valence-electron chi connectivity index (χ3n) is 1.23. The van der Waals surface area contributed by atoms with E-state index in [-0.39, 0.29) is 0 Å². The van der Waals surface area contributed by atoms with Crippen molar-refractivity contribution >= 4 is 12.4 Å². The summed E-state index contributed by atoms with van der Waals surface area (Å²) in [5.74, 6) is 0. The van der Waals surface area contributed by atoms with Crippen LogP contribution in [-0.2, 0) is 0 Å². The Morgan fingerprint density at radius 3 is 3.00 bits per heavy atom. The first-order valence-corrected chi connectivity index (χ1v) is 2.90. The lowest BCUT2D eigenvalue weighted by Gasteiger charge is -2.14. The minimum absolute atomic E-state index is 0.407. The van der Waals surface area contributed by atoms with Gasteiger partial charge in [-0.25, -0.2) is 9.79 Å². The fraction of sp³-hybridized carbons (Fsp3) is 0.333. The zero-order valence-corrected chi connectivity index (χ0v) is 5.61. The summed E-state index contributed by atoms with van der Waals surface area (Å²) in [4.78, 5) is 15.2. The van der Waals surface area contributed by atoms with Gasteiger partial charge in [-0.2, -0.15) is 0 Å². The van der Waals surface area contributed by atoms with Gasteiger partial charge >= 0.3 is 6.09 Å². The molecule has 0 aromatic carbocycles. The predicted octanol–water partition coefficient (Wildman–Crippen LogP) is 0.912. The minimum Gasteiger partial charge on any atom is -0.465 e. The molecule has 1 N–H and O–H groups in total. The van der Waals surface area contributed by atoms with Crippen molar-refractivity contribution in [1.82, 2.24) is 4.90 Å². The molecule has 1 aliphatic rings. The molecule has 1 aliphatic heterocycles. The first-order chi connectivity index (χ1) is 4.70. The van der Waals surface area contributed by atoms with E-state index >= 15 is 0 Å². The maximum atomic E-state index is 10.3. The number of rotatable bonds is 0. The van der Waals surface area contributed by atoms with E-state index in [9.17, 15) is 4.79 Å². The molecule has 0 saturated carbocycles. The van der Waals surface area contributed by atoms with E-state index in [0.29, 0.717) is 6.54 Å². The summed E-state index contributed by atoms with van der Waals surface area (Å²) < 4.78 is 0. The number of hydrogen-bond donors (Lipinski definition) is 1. The molecular formula is C6H8N2O2. The van der Waals surface area contributed by atoms with Gasteiger partial charge < -0.3 is 5.11 Å². The second kappa shape index (κ2) is 2.51. The van der Waals surface area contributed by atoms with Crippen molar-refractivity contribution in [2.45, 2.75) is 6.92 Å². The molecule has 0 aromatic heterocycles. The zero-order chi connectivity index (χ0) is 7.56. The summed E-state index contributed by atoms with van der Waals surface area (Å²) in [7, 11) is 0. The molecule has 0 saturated heterocycles. The smallest absolute Gasteiger partial charge is 0.412 e. The highest BCUT2D eigenvalue weighted by Crippen LogP contribution is 2.01. The molecule has 54 valence electrons. The van der Waals surface area contributed by atoms with Crippen LogP contribution in [0.25, 0.3) is 0 Å². The summed E-state index contributed by atoms with van der Waals surface area (Å²) >= 11 is 0. The number of hydrogen-bond acceptors (Lipinski definition) is 2. The van der Waals surface area contributed by atoms with Crippen molar-refractivity contribution < 1.29 is 9.90 Å². The Hall–Kier alpha value is -1.32. The van der Waals surface area contributed by atoms with Crippen LogP contribution in [0, 0.1) is 0 Å². The van der Waals surface area contributed by atoms with Crippen molar-refractivity contribution in [3.63, 3.8) is 0 Å². The lowest BCUT2D eigenvalue weighted by Crippen LogP contribution is -2.29. The number of allylic oxidation sites excluding steroid dienone is 1. The van der Waals surface area contributed by atoms with Gasteiger partial charge in [0.2, 0.25) is 0 Å². The highest BCUT2D eigenvalue weighted by Gasteiger charge is 2.09. The number of carboxylic acid groups (broad SMARTS) is 1. The molecule has 0 radical (unpaired) electrons. The van der Waals surface area contributed by atoms with Crippen LogP contribution >= 0.6 is 0 Å². The molecule has 0 spiro atoms. The van der Waals surface area contributed by atoms with Crippen LogP contribution in [0.2, 0.25) is 0 Å². The third kappa shape index (κ3) is 1.34. The number of amides is 1. The van der Waals surface area contributed by atoms with Crippen LogP contribution < -0.4 is 0 Å². The van der Waals surface area contributed by atoms with E-state index < -0.39 is 6.09 Å². The molecule has 1 heterocycles. The van der Waals surface area contributed by atoms with Gasteiger partial charge in [0.1, 0.15) is 6.34 Å². The Labute approximate surface area is 58.5 Å². The van der Waals surface area contributed by atoms with Gasteiger partial charge in [-0.15, -0.1) is 0 Å². The molecule has 1 rings (SSSR count). The highest BCUT2D eigenvalue weighted by molar-refractivity contribution is 5.82. The fourth-order valence-corrected chi connectivity index (χ4v) is 0.619. The molecule has 0 aromatic rings. The van der Waals surface area contributed by atoms with Crippen LogP contribution in [0.5, 0.6) is 0 Å². The van der Waals surface area contributed by atoms with Gasteiger partial charge in [0, 0.05) is 5.70 Å². The van der Waals surface area contributed by atoms with Crippen LogP contribution in [0.4, 0.5) is 4.79 Å². The van der Waals surface area contributed by atoms with E-state index in [1.807, 2.05) is 6.92 Å². The maximum Gasteiger partial charge on any atom is 0.412 e. The zero-order valence-electron chi connectivity index (χ0n) is 5.61. The lowest BCUT2D eigenvalue weighted by atomic mass is 10.4. The molecule has 0 unspecified atom stereocenters. The van der Waals surface area contributed by atoms with E-state index in [4.69, 9.17) is 5.11 Å². The average Bonchev–Trinajstić information content (AvgIpc) is 1.88. The Kier molecular flexibility index (Phi) is 1.71. The molecule has 0 bridgehead atoms. The van der Waals surface area contributed by atoms with Gasteiger partial charge in [0.25, 0.3) is 0 Å². The van der Waals surface area contributed by atoms with Crippen molar-refractivity contribution in [2.75, 3.05) is 6.54 Å². The normalized spacial score (nSPS) is 16.9. The van der Waals surface area contributed by atoms with Gasteiger partial charge in [0.05, 0.1) is 6.54 Å². The topological polar surface area (TPSA) is 52.9 Å². The van der Waals surface area contributed by atoms with E-state index in [0.717, 1.165) is 10.6 Å². The number of nitrogens with zero attached hydrogens (tertiary/aromatic N) is 2. The van der Waals surface area contributed by atoms with Crippen molar-refractivity contribution in [3.05, 3.63) is 11.8 Å². The first-order valence-electron chi connectivity index (χ1n) is 2.90. The van der Waals surface area contributed by atoms with Crippen molar-refractivity contribution in [1.29, 1.82) is 0 Å². The predicted molar refractivity (Wildman–Crippen MR) is 37.0 cm³/mol. The Morgan fingerprint density at radius 1 is 1.90 bits per heavy atom. The molecular weight excluding hydrogens is 132 g/mol.